The summed E-state index contributed by atoms with van der Waals surface area (Å²) in [6.45, 7) is 1.66. The molecule has 0 atom stereocenters. The highest BCUT2D eigenvalue weighted by molar-refractivity contribution is 9.10. The lowest BCUT2D eigenvalue weighted by Gasteiger charge is -2.10. The number of carbonyl (C=O) groups excluding carboxylic acids is 1. The predicted octanol–water partition coefficient (Wildman–Crippen LogP) is 1.80. The summed E-state index contributed by atoms with van der Waals surface area (Å²) >= 11 is 3.31. The molecule has 0 spiro atoms. The van der Waals surface area contributed by atoms with E-state index in [1.807, 2.05) is 13.1 Å². The normalized spacial score (nSPS) is 18.7. The van der Waals surface area contributed by atoms with Crippen molar-refractivity contribution in [2.45, 2.75) is 25.2 Å². The summed E-state index contributed by atoms with van der Waals surface area (Å²) < 4.78 is 2.59. The van der Waals surface area contributed by atoms with Gasteiger partial charge in [-0.05, 0) is 41.8 Å². The van der Waals surface area contributed by atoms with Gasteiger partial charge in [0, 0.05) is 7.05 Å². The number of carbonyl (C=O) groups is 1. The van der Waals surface area contributed by atoms with Gasteiger partial charge in [0.2, 0.25) is 0 Å². The minimum Gasteiger partial charge on any atom is -0.299 e. The van der Waals surface area contributed by atoms with Gasteiger partial charge in [0.25, 0.3) is 0 Å². The first-order chi connectivity index (χ1) is 6.06. The average molecular weight is 243 g/mol. The Morgan fingerprint density at radius 3 is 2.62 bits per heavy atom. The van der Waals surface area contributed by atoms with Gasteiger partial charge < -0.3 is 0 Å². The van der Waals surface area contributed by atoms with Crippen LogP contribution in [0, 0.1) is 0 Å². The Hall–Kier alpha value is -0.640. The summed E-state index contributed by atoms with van der Waals surface area (Å²) in [5.41, 5.74) is 0.820. The van der Waals surface area contributed by atoms with Crippen LogP contribution < -0.4 is 0 Å². The summed E-state index contributed by atoms with van der Waals surface area (Å²) in [7, 11) is 1.88. The summed E-state index contributed by atoms with van der Waals surface area (Å²) in [4.78, 5) is 11.4. The van der Waals surface area contributed by atoms with E-state index in [-0.39, 0.29) is 11.2 Å². The summed E-state index contributed by atoms with van der Waals surface area (Å²) in [5, 5.41) is 4.18. The Labute approximate surface area is 85.3 Å². The van der Waals surface area contributed by atoms with Crippen LogP contribution in [0.1, 0.15) is 25.5 Å². The van der Waals surface area contributed by atoms with Crippen molar-refractivity contribution in [3.8, 4) is 0 Å². The number of halogens is 1. The van der Waals surface area contributed by atoms with E-state index in [1.54, 1.807) is 11.6 Å². The molecule has 0 radical (unpaired) electrons. The van der Waals surface area contributed by atoms with Crippen LogP contribution in [0.4, 0.5) is 0 Å². The van der Waals surface area contributed by atoms with Crippen LogP contribution in [-0.4, -0.2) is 15.6 Å². The molecule has 0 amide bonds. The van der Waals surface area contributed by atoms with Crippen molar-refractivity contribution in [3.63, 3.8) is 0 Å². The van der Waals surface area contributed by atoms with Crippen molar-refractivity contribution in [3.05, 3.63) is 16.4 Å². The SMILES string of the molecule is CC(=O)C1(c2cc(Br)nn2C)CC1. The second kappa shape index (κ2) is 2.67. The van der Waals surface area contributed by atoms with E-state index in [2.05, 4.69) is 21.0 Å². The molecule has 0 N–H and O–H groups in total. The highest BCUT2D eigenvalue weighted by Crippen LogP contribution is 2.49. The van der Waals surface area contributed by atoms with Crippen molar-refractivity contribution in [1.29, 1.82) is 0 Å². The molecule has 1 fully saturated rings. The smallest absolute Gasteiger partial charge is 0.141 e. The van der Waals surface area contributed by atoms with E-state index < -0.39 is 0 Å². The van der Waals surface area contributed by atoms with Crippen LogP contribution in [-0.2, 0) is 17.3 Å². The third-order valence-corrected chi connectivity index (χ3v) is 3.15. The monoisotopic (exact) mass is 242 g/mol. The first kappa shape index (κ1) is 8.94. The molecule has 0 aromatic carbocycles. The molecule has 1 aliphatic carbocycles. The number of Topliss-reactive ketones (excluding diaryl/α,β-unsaturated/α-hetero) is 1. The maximum absolute atomic E-state index is 11.4. The number of aryl methyl sites for hydroxylation is 1. The molecule has 4 heteroatoms. The van der Waals surface area contributed by atoms with E-state index in [0.717, 1.165) is 23.1 Å². The minimum atomic E-state index is -0.215. The second-order valence-electron chi connectivity index (χ2n) is 3.61. The lowest BCUT2D eigenvalue weighted by molar-refractivity contribution is -0.119. The van der Waals surface area contributed by atoms with Crippen molar-refractivity contribution in [1.82, 2.24) is 9.78 Å². The van der Waals surface area contributed by atoms with Crippen LogP contribution in [0.3, 0.4) is 0 Å². The van der Waals surface area contributed by atoms with Gasteiger partial charge in [-0.2, -0.15) is 5.10 Å². The summed E-state index contributed by atoms with van der Waals surface area (Å²) in [6, 6.07) is 1.94. The van der Waals surface area contributed by atoms with Gasteiger partial charge in [-0.1, -0.05) is 0 Å². The number of hydrogen-bond donors (Lipinski definition) is 0. The quantitative estimate of drug-likeness (QED) is 0.793. The Morgan fingerprint density at radius 1 is 1.69 bits per heavy atom. The highest BCUT2D eigenvalue weighted by atomic mass is 79.9. The van der Waals surface area contributed by atoms with Crippen molar-refractivity contribution < 1.29 is 4.79 Å². The lowest BCUT2D eigenvalue weighted by atomic mass is 9.98. The fraction of sp³-hybridized carbons (Fsp3) is 0.556. The molecule has 70 valence electrons. The van der Waals surface area contributed by atoms with Crippen LogP contribution in [0.5, 0.6) is 0 Å². The molecule has 1 saturated carbocycles. The minimum absolute atomic E-state index is 0.215. The molecule has 13 heavy (non-hydrogen) atoms. The van der Waals surface area contributed by atoms with Crippen LogP contribution in [0.2, 0.25) is 0 Å². The van der Waals surface area contributed by atoms with Crippen molar-refractivity contribution in [2.75, 3.05) is 0 Å². The van der Waals surface area contributed by atoms with E-state index in [0.29, 0.717) is 0 Å². The Morgan fingerprint density at radius 2 is 2.31 bits per heavy atom. The molecule has 0 unspecified atom stereocenters. The molecule has 2 rings (SSSR count). The third-order valence-electron chi connectivity index (χ3n) is 2.76. The zero-order valence-electron chi connectivity index (χ0n) is 7.67. The molecule has 0 saturated heterocycles. The fourth-order valence-electron chi connectivity index (χ4n) is 1.79. The zero-order chi connectivity index (χ0) is 9.64. The van der Waals surface area contributed by atoms with Crippen LogP contribution in [0.15, 0.2) is 10.7 Å². The molecule has 0 bridgehead atoms. The molecule has 1 aliphatic rings. The van der Waals surface area contributed by atoms with Crippen molar-refractivity contribution >= 4 is 21.7 Å². The Bertz CT molecular complexity index is 366. The molecule has 1 heterocycles. The topological polar surface area (TPSA) is 34.9 Å². The average Bonchev–Trinajstić information content (AvgIpc) is 2.75. The lowest BCUT2D eigenvalue weighted by Crippen LogP contribution is -2.20. The standard InChI is InChI=1S/C9H11BrN2O/c1-6(13)9(3-4-9)7-5-8(10)11-12(7)2/h5H,3-4H2,1-2H3. The van der Waals surface area contributed by atoms with Gasteiger partial charge in [0.1, 0.15) is 10.4 Å². The van der Waals surface area contributed by atoms with Gasteiger partial charge >= 0.3 is 0 Å². The van der Waals surface area contributed by atoms with Gasteiger partial charge in [-0.15, -0.1) is 0 Å². The zero-order valence-corrected chi connectivity index (χ0v) is 9.26. The van der Waals surface area contributed by atoms with E-state index in [4.69, 9.17) is 0 Å². The van der Waals surface area contributed by atoms with Gasteiger partial charge in [0.15, 0.2) is 0 Å². The van der Waals surface area contributed by atoms with Crippen LogP contribution >= 0.6 is 15.9 Å². The maximum Gasteiger partial charge on any atom is 0.141 e. The molecular formula is C9H11BrN2O. The van der Waals surface area contributed by atoms with Crippen LogP contribution in [0.25, 0.3) is 0 Å². The first-order valence-corrected chi connectivity index (χ1v) is 5.06. The summed E-state index contributed by atoms with van der Waals surface area (Å²) in [6.07, 6.45) is 1.93. The maximum atomic E-state index is 11.4. The van der Waals surface area contributed by atoms with Gasteiger partial charge in [-0.25, -0.2) is 0 Å². The largest absolute Gasteiger partial charge is 0.299 e. The van der Waals surface area contributed by atoms with E-state index in [1.165, 1.54) is 0 Å². The molecular weight excluding hydrogens is 232 g/mol. The molecule has 1 aromatic rings. The van der Waals surface area contributed by atoms with Crippen molar-refractivity contribution in [2.24, 2.45) is 7.05 Å². The Balaban J connectivity index is 2.46. The molecule has 3 nitrogen and oxygen atoms in total. The predicted molar refractivity (Wildman–Crippen MR) is 52.5 cm³/mol. The highest BCUT2D eigenvalue weighted by Gasteiger charge is 2.50. The number of ketones is 1. The fourth-order valence-corrected chi connectivity index (χ4v) is 2.25. The van der Waals surface area contributed by atoms with Gasteiger partial charge in [-0.3, -0.25) is 9.48 Å². The number of rotatable bonds is 2. The second-order valence-corrected chi connectivity index (χ2v) is 4.43. The van der Waals surface area contributed by atoms with E-state index >= 15 is 0 Å². The van der Waals surface area contributed by atoms with E-state index in [9.17, 15) is 4.79 Å². The van der Waals surface area contributed by atoms with Gasteiger partial charge in [0.05, 0.1) is 11.1 Å². The third kappa shape index (κ3) is 1.24. The molecule has 0 aliphatic heterocycles. The number of aromatic nitrogens is 2. The Kier molecular flexibility index (Phi) is 1.84. The molecule has 1 aromatic heterocycles. The number of hydrogen-bond acceptors (Lipinski definition) is 2. The summed E-state index contributed by atoms with van der Waals surface area (Å²) in [5.74, 6) is 0.253. The number of nitrogens with zero attached hydrogens (tertiary/aromatic N) is 2. The first-order valence-electron chi connectivity index (χ1n) is 4.27.